The molecule has 0 saturated heterocycles. The van der Waals surface area contributed by atoms with Crippen LogP contribution < -0.4 is 4.90 Å². The van der Waals surface area contributed by atoms with E-state index in [-0.39, 0.29) is 10.8 Å². The van der Waals surface area contributed by atoms with E-state index in [0.717, 1.165) is 17.1 Å². The van der Waals surface area contributed by atoms with Crippen molar-refractivity contribution in [2.45, 2.75) is 52.4 Å². The van der Waals surface area contributed by atoms with E-state index >= 15 is 0 Å². The third-order valence-corrected chi connectivity index (χ3v) is 13.8. The van der Waals surface area contributed by atoms with Gasteiger partial charge in [-0.3, -0.25) is 0 Å². The van der Waals surface area contributed by atoms with Gasteiger partial charge in [0.2, 0.25) is 0 Å². The third kappa shape index (κ3) is 4.58. The Morgan fingerprint density at radius 3 is 1.46 bits per heavy atom. The van der Waals surface area contributed by atoms with E-state index in [0.29, 0.717) is 0 Å². The molecule has 9 aromatic carbocycles. The SMILES string of the molecule is CC(C)(C)c1ccc2c(c1)c1cc(C(C)(C)C)cc3c4c5c6cc7ccccc7c7c8c9ccccc9cc(N(c9ccccc9)c9ccccc9)c8n(c5ccc4n2c13)c67. The molecule has 0 amide bonds. The van der Waals surface area contributed by atoms with E-state index in [1.54, 1.807) is 0 Å². The molecule has 61 heavy (non-hydrogen) atoms. The first-order valence-electron chi connectivity index (χ1n) is 21.7. The average Bonchev–Trinajstić information content (AvgIpc) is 3.99. The van der Waals surface area contributed by atoms with Crippen LogP contribution >= 0.6 is 0 Å². The van der Waals surface area contributed by atoms with E-state index < -0.39 is 0 Å². The van der Waals surface area contributed by atoms with E-state index in [9.17, 15) is 0 Å². The second kappa shape index (κ2) is 11.8. The summed E-state index contributed by atoms with van der Waals surface area (Å²) >= 11 is 0. The maximum absolute atomic E-state index is 2.63. The summed E-state index contributed by atoms with van der Waals surface area (Å²) in [4.78, 5) is 2.46. The second-order valence-corrected chi connectivity index (χ2v) is 19.4. The highest BCUT2D eigenvalue weighted by atomic mass is 15.2. The zero-order valence-electron chi connectivity index (χ0n) is 35.4. The third-order valence-electron chi connectivity index (χ3n) is 13.8. The largest absolute Gasteiger partial charge is 0.308 e. The number of aromatic nitrogens is 2. The summed E-state index contributed by atoms with van der Waals surface area (Å²) < 4.78 is 5.21. The monoisotopic (exact) mass is 783 g/mol. The molecule has 13 aromatic rings. The topological polar surface area (TPSA) is 12.1 Å². The molecule has 0 aliphatic heterocycles. The molecule has 292 valence electrons. The summed E-state index contributed by atoms with van der Waals surface area (Å²) in [6.07, 6.45) is 0. The minimum atomic E-state index is -0.0343. The fraction of sp³-hybridized carbons (Fsp3) is 0.138. The van der Waals surface area contributed by atoms with Gasteiger partial charge in [-0.1, -0.05) is 133 Å². The van der Waals surface area contributed by atoms with E-state index in [4.69, 9.17) is 0 Å². The Balaban J connectivity index is 1.29. The van der Waals surface area contributed by atoms with Crippen molar-refractivity contribution in [1.29, 1.82) is 0 Å². The van der Waals surface area contributed by atoms with Gasteiger partial charge in [0.1, 0.15) is 0 Å². The highest BCUT2D eigenvalue weighted by Gasteiger charge is 2.30. The predicted molar refractivity (Wildman–Crippen MR) is 263 cm³/mol. The molecule has 0 aliphatic rings. The lowest BCUT2D eigenvalue weighted by molar-refractivity contribution is 0.590. The Morgan fingerprint density at radius 2 is 0.836 bits per heavy atom. The highest BCUT2D eigenvalue weighted by molar-refractivity contribution is 6.41. The summed E-state index contributed by atoms with van der Waals surface area (Å²) in [5.41, 5.74) is 13.8. The summed E-state index contributed by atoms with van der Waals surface area (Å²) in [6.45, 7) is 14.0. The van der Waals surface area contributed by atoms with Crippen molar-refractivity contribution in [2.75, 3.05) is 4.90 Å². The molecule has 4 aromatic heterocycles. The van der Waals surface area contributed by atoms with Crippen LogP contribution in [0.15, 0.2) is 164 Å². The Kier molecular flexibility index (Phi) is 6.72. The number of anilines is 3. The van der Waals surface area contributed by atoms with Crippen LogP contribution in [0.2, 0.25) is 0 Å². The van der Waals surface area contributed by atoms with Crippen LogP contribution in [0.1, 0.15) is 52.7 Å². The molecule has 3 nitrogen and oxygen atoms in total. The number of benzene rings is 9. The lowest BCUT2D eigenvalue weighted by Gasteiger charge is -2.27. The van der Waals surface area contributed by atoms with Crippen LogP contribution in [0.5, 0.6) is 0 Å². The lowest BCUT2D eigenvalue weighted by atomic mass is 9.84. The molecule has 3 heteroatoms. The van der Waals surface area contributed by atoms with Gasteiger partial charge in [-0.05, 0) is 116 Å². The van der Waals surface area contributed by atoms with E-state index in [2.05, 4.69) is 219 Å². The molecule has 0 radical (unpaired) electrons. The summed E-state index contributed by atoms with van der Waals surface area (Å²) in [7, 11) is 0. The van der Waals surface area contributed by atoms with E-state index in [1.807, 2.05) is 0 Å². The summed E-state index contributed by atoms with van der Waals surface area (Å²) in [5, 5.41) is 15.6. The fourth-order valence-corrected chi connectivity index (χ4v) is 10.9. The molecule has 0 spiro atoms. The van der Waals surface area contributed by atoms with E-state index in [1.165, 1.54) is 109 Å². The van der Waals surface area contributed by atoms with Gasteiger partial charge in [-0.2, -0.15) is 0 Å². The van der Waals surface area contributed by atoms with Crippen molar-refractivity contribution in [3.63, 3.8) is 0 Å². The molecule has 0 unspecified atom stereocenters. The fourth-order valence-electron chi connectivity index (χ4n) is 10.9. The summed E-state index contributed by atoms with van der Waals surface area (Å²) in [6, 6.07) is 61.7. The zero-order valence-corrected chi connectivity index (χ0v) is 35.4. The van der Waals surface area contributed by atoms with Gasteiger partial charge < -0.3 is 13.7 Å². The van der Waals surface area contributed by atoms with Gasteiger partial charge in [0.15, 0.2) is 0 Å². The molecule has 0 fully saturated rings. The highest BCUT2D eigenvalue weighted by Crippen LogP contribution is 2.53. The predicted octanol–water partition coefficient (Wildman–Crippen LogP) is 16.4. The maximum Gasteiger partial charge on any atom is 0.0789 e. The number of hydrogen-bond acceptors (Lipinski definition) is 1. The minimum absolute atomic E-state index is 0.0343. The molecule has 13 rings (SSSR count). The van der Waals surface area contributed by atoms with Crippen LogP contribution in [0.25, 0.3) is 97.7 Å². The number of para-hydroxylation sites is 2. The van der Waals surface area contributed by atoms with Gasteiger partial charge in [-0.25, -0.2) is 0 Å². The van der Waals surface area contributed by atoms with Crippen LogP contribution in [0, 0.1) is 0 Å². The minimum Gasteiger partial charge on any atom is -0.308 e. The Hall–Kier alpha value is -7.10. The van der Waals surface area contributed by atoms with Crippen LogP contribution in [-0.2, 0) is 10.8 Å². The normalized spacial score (nSPS) is 13.1. The van der Waals surface area contributed by atoms with Crippen molar-refractivity contribution in [3.05, 3.63) is 175 Å². The Morgan fingerprint density at radius 1 is 0.344 bits per heavy atom. The second-order valence-electron chi connectivity index (χ2n) is 19.4. The van der Waals surface area contributed by atoms with Crippen molar-refractivity contribution in [1.82, 2.24) is 8.80 Å². The van der Waals surface area contributed by atoms with Gasteiger partial charge in [0.25, 0.3) is 0 Å². The molecule has 0 aliphatic carbocycles. The summed E-state index contributed by atoms with van der Waals surface area (Å²) in [5.74, 6) is 0. The van der Waals surface area contributed by atoms with Gasteiger partial charge in [0.05, 0.1) is 38.8 Å². The van der Waals surface area contributed by atoms with Crippen molar-refractivity contribution >= 4 is 115 Å². The molecule has 0 bridgehead atoms. The molecule has 0 atom stereocenters. The molecule has 4 heterocycles. The number of fused-ring (bicyclic) bond motifs is 17. The maximum atomic E-state index is 2.63. The molecular formula is C58H45N3. The quantitative estimate of drug-likeness (QED) is 0.174. The van der Waals surface area contributed by atoms with Gasteiger partial charge >= 0.3 is 0 Å². The average molecular weight is 784 g/mol. The first-order valence-corrected chi connectivity index (χ1v) is 21.7. The van der Waals surface area contributed by atoms with Crippen LogP contribution in [0.4, 0.5) is 17.1 Å². The molecule has 0 saturated carbocycles. The molecule has 0 N–H and O–H groups in total. The number of rotatable bonds is 3. The number of nitrogens with zero attached hydrogens (tertiary/aromatic N) is 3. The van der Waals surface area contributed by atoms with Crippen LogP contribution in [0.3, 0.4) is 0 Å². The van der Waals surface area contributed by atoms with Crippen LogP contribution in [-0.4, -0.2) is 8.80 Å². The van der Waals surface area contributed by atoms with Crippen molar-refractivity contribution < 1.29 is 0 Å². The first-order chi connectivity index (χ1) is 29.6. The lowest BCUT2D eigenvalue weighted by Crippen LogP contribution is -2.11. The zero-order chi connectivity index (χ0) is 41.1. The van der Waals surface area contributed by atoms with Crippen molar-refractivity contribution in [3.8, 4) is 0 Å². The van der Waals surface area contributed by atoms with Gasteiger partial charge in [-0.15, -0.1) is 0 Å². The van der Waals surface area contributed by atoms with Gasteiger partial charge in [0, 0.05) is 54.5 Å². The standard InChI is InChI=1S/C58H45N3/c1-57(2,3)36-25-26-46-42(31-36)43-32-37(58(4,5)6)33-45-51-47(60(46)54(43)45)27-28-48-50(51)44-29-34-17-13-15-23-40(34)52-53-41-24-16-14-18-35(41)30-49(56(53)61(48)55(44)52)59(38-19-9-7-10-20-38)39-21-11-8-12-22-39/h7-33H,1-6H3. The smallest absolute Gasteiger partial charge is 0.0789 e. The first kappa shape index (κ1) is 34.7. The Bertz CT molecular complexity index is 3890. The number of hydrogen-bond donors (Lipinski definition) is 0. The van der Waals surface area contributed by atoms with Crippen molar-refractivity contribution in [2.24, 2.45) is 0 Å². The Labute approximate surface area is 354 Å². The molecular weight excluding hydrogens is 739 g/mol.